The van der Waals surface area contributed by atoms with Crippen LogP contribution in [0.1, 0.15) is 29.0 Å². The maximum absolute atomic E-state index is 13.5. The molecule has 180 valence electrons. The van der Waals surface area contributed by atoms with E-state index in [0.29, 0.717) is 42.8 Å². The van der Waals surface area contributed by atoms with Gasteiger partial charge in [-0.15, -0.1) is 0 Å². The summed E-state index contributed by atoms with van der Waals surface area (Å²) in [5.41, 5.74) is 1.34. The summed E-state index contributed by atoms with van der Waals surface area (Å²) >= 11 is 0. The molecule has 1 saturated heterocycles. The van der Waals surface area contributed by atoms with E-state index >= 15 is 0 Å². The van der Waals surface area contributed by atoms with Gasteiger partial charge in [0.2, 0.25) is 10.0 Å². The molecule has 1 N–H and O–H groups in total. The van der Waals surface area contributed by atoms with Crippen LogP contribution in [0, 0.1) is 0 Å². The number of carbonyl (C=O) groups is 1. The van der Waals surface area contributed by atoms with Gasteiger partial charge in [0.25, 0.3) is 5.91 Å². The lowest BCUT2D eigenvalue weighted by atomic mass is 10.0. The smallest absolute Gasteiger partial charge is 0.290 e. The maximum atomic E-state index is 13.5. The molecule has 3 aromatic carbocycles. The van der Waals surface area contributed by atoms with Crippen molar-refractivity contribution in [2.75, 3.05) is 13.1 Å². The van der Waals surface area contributed by atoms with E-state index in [2.05, 4.69) is 4.72 Å². The SMILES string of the molecule is O=C(c1oc2ccccc2c1COc1ccccc1)N1CCC(NS(=O)(=O)c2ccccc2)CC1. The monoisotopic (exact) mass is 490 g/mol. The molecule has 0 radical (unpaired) electrons. The zero-order valence-electron chi connectivity index (χ0n) is 19.1. The van der Waals surface area contributed by atoms with Crippen molar-refractivity contribution in [2.24, 2.45) is 0 Å². The van der Waals surface area contributed by atoms with Crippen molar-refractivity contribution in [1.82, 2.24) is 9.62 Å². The Morgan fingerprint density at radius 3 is 2.26 bits per heavy atom. The second kappa shape index (κ2) is 9.93. The van der Waals surface area contributed by atoms with Crippen LogP contribution >= 0.6 is 0 Å². The Balaban J connectivity index is 1.29. The normalized spacial score (nSPS) is 14.8. The van der Waals surface area contributed by atoms with E-state index in [-0.39, 0.29) is 29.2 Å². The Morgan fingerprint density at radius 1 is 0.914 bits per heavy atom. The van der Waals surface area contributed by atoms with Crippen LogP contribution in [0.5, 0.6) is 5.75 Å². The number of nitrogens with one attached hydrogen (secondary N) is 1. The molecule has 0 spiro atoms. The molecular weight excluding hydrogens is 464 g/mol. The Morgan fingerprint density at radius 2 is 1.54 bits per heavy atom. The quantitative estimate of drug-likeness (QED) is 0.409. The molecule has 4 aromatic rings. The van der Waals surface area contributed by atoms with E-state index in [1.165, 1.54) is 0 Å². The van der Waals surface area contributed by atoms with Crippen molar-refractivity contribution < 1.29 is 22.4 Å². The minimum atomic E-state index is -3.60. The van der Waals surface area contributed by atoms with Crippen molar-refractivity contribution >= 4 is 26.9 Å². The van der Waals surface area contributed by atoms with E-state index in [1.54, 1.807) is 35.2 Å². The van der Waals surface area contributed by atoms with Gasteiger partial charge in [-0.1, -0.05) is 54.6 Å². The third-order valence-corrected chi connectivity index (χ3v) is 7.71. The third kappa shape index (κ3) is 5.08. The number of fused-ring (bicyclic) bond motifs is 1. The third-order valence-electron chi connectivity index (χ3n) is 6.18. The van der Waals surface area contributed by atoms with Gasteiger partial charge in [-0.2, -0.15) is 0 Å². The molecule has 5 rings (SSSR count). The summed E-state index contributed by atoms with van der Waals surface area (Å²) in [4.78, 5) is 15.4. The predicted octanol–water partition coefficient (Wildman–Crippen LogP) is 4.59. The highest BCUT2D eigenvalue weighted by molar-refractivity contribution is 7.89. The highest BCUT2D eigenvalue weighted by Crippen LogP contribution is 2.29. The van der Waals surface area contributed by atoms with Crippen LogP contribution in [0.4, 0.5) is 0 Å². The molecule has 1 aliphatic rings. The minimum Gasteiger partial charge on any atom is -0.489 e. The van der Waals surface area contributed by atoms with Gasteiger partial charge in [0, 0.05) is 30.1 Å². The second-order valence-electron chi connectivity index (χ2n) is 8.51. The fraction of sp³-hybridized carbons (Fsp3) is 0.222. The van der Waals surface area contributed by atoms with Gasteiger partial charge in [-0.3, -0.25) is 4.79 Å². The number of ether oxygens (including phenoxy) is 1. The summed E-state index contributed by atoms with van der Waals surface area (Å²) in [7, 11) is -3.60. The zero-order chi connectivity index (χ0) is 24.3. The molecule has 0 atom stereocenters. The van der Waals surface area contributed by atoms with Crippen molar-refractivity contribution in [1.29, 1.82) is 0 Å². The first-order valence-corrected chi connectivity index (χ1v) is 13.0. The molecular formula is C27H26N2O5S. The molecule has 0 saturated carbocycles. The highest BCUT2D eigenvalue weighted by Gasteiger charge is 2.30. The lowest BCUT2D eigenvalue weighted by Crippen LogP contribution is -2.46. The average Bonchev–Trinajstić information content (AvgIpc) is 3.27. The topological polar surface area (TPSA) is 88.8 Å². The number of benzene rings is 3. The highest BCUT2D eigenvalue weighted by atomic mass is 32.2. The average molecular weight is 491 g/mol. The number of furan rings is 1. The van der Waals surface area contributed by atoms with Crippen LogP contribution < -0.4 is 9.46 Å². The van der Waals surface area contributed by atoms with E-state index in [0.717, 1.165) is 5.39 Å². The molecule has 0 aliphatic carbocycles. The van der Waals surface area contributed by atoms with E-state index in [1.807, 2.05) is 54.6 Å². The van der Waals surface area contributed by atoms with Gasteiger partial charge < -0.3 is 14.1 Å². The number of hydrogen-bond acceptors (Lipinski definition) is 5. The van der Waals surface area contributed by atoms with Crippen molar-refractivity contribution in [3.05, 3.63) is 96.3 Å². The standard InChI is InChI=1S/C27H26N2O5S/c30-27(29-17-15-20(16-18-29)28-35(31,32)22-11-5-2-6-12-22)26-24(19-33-21-9-3-1-4-10-21)23-13-7-8-14-25(23)34-26/h1-14,20,28H,15-19H2. The van der Waals surface area contributed by atoms with Crippen molar-refractivity contribution in [2.45, 2.75) is 30.4 Å². The summed E-state index contributed by atoms with van der Waals surface area (Å²) < 4.78 is 40.0. The maximum Gasteiger partial charge on any atom is 0.290 e. The number of rotatable bonds is 7. The summed E-state index contributed by atoms with van der Waals surface area (Å²) in [5.74, 6) is 0.769. The van der Waals surface area contributed by atoms with E-state index in [4.69, 9.17) is 9.15 Å². The van der Waals surface area contributed by atoms with Gasteiger partial charge in [0.1, 0.15) is 17.9 Å². The van der Waals surface area contributed by atoms with Gasteiger partial charge in [0.15, 0.2) is 5.76 Å². The number of likely N-dealkylation sites (tertiary alicyclic amines) is 1. The Bertz CT molecular complexity index is 1410. The Hall–Kier alpha value is -3.62. The van der Waals surface area contributed by atoms with Gasteiger partial charge in [-0.25, -0.2) is 13.1 Å². The van der Waals surface area contributed by atoms with Gasteiger partial charge >= 0.3 is 0 Å². The van der Waals surface area contributed by atoms with E-state index in [9.17, 15) is 13.2 Å². The fourth-order valence-electron chi connectivity index (χ4n) is 4.32. The number of para-hydroxylation sites is 2. The molecule has 1 fully saturated rings. The molecule has 1 aromatic heterocycles. The second-order valence-corrected chi connectivity index (χ2v) is 10.2. The molecule has 1 aliphatic heterocycles. The van der Waals surface area contributed by atoms with Crippen LogP contribution in [0.3, 0.4) is 0 Å². The summed E-state index contributed by atoms with van der Waals surface area (Å²) in [5, 5.41) is 0.845. The van der Waals surface area contributed by atoms with Crippen LogP contribution in [-0.2, 0) is 16.6 Å². The zero-order valence-corrected chi connectivity index (χ0v) is 19.9. The fourth-order valence-corrected chi connectivity index (χ4v) is 5.64. The van der Waals surface area contributed by atoms with Crippen LogP contribution in [0.2, 0.25) is 0 Å². The predicted molar refractivity (Wildman–Crippen MR) is 133 cm³/mol. The van der Waals surface area contributed by atoms with Gasteiger partial charge in [-0.05, 0) is 43.2 Å². The molecule has 7 nitrogen and oxygen atoms in total. The molecule has 8 heteroatoms. The number of sulfonamides is 1. The minimum absolute atomic E-state index is 0.204. The molecule has 35 heavy (non-hydrogen) atoms. The molecule has 0 unspecified atom stereocenters. The number of nitrogens with zero attached hydrogens (tertiary/aromatic N) is 1. The number of carbonyl (C=O) groups excluding carboxylic acids is 1. The number of hydrogen-bond donors (Lipinski definition) is 1. The first-order valence-electron chi connectivity index (χ1n) is 11.6. The molecule has 1 amide bonds. The number of piperidine rings is 1. The molecule has 2 heterocycles. The van der Waals surface area contributed by atoms with Crippen molar-refractivity contribution in [3.8, 4) is 5.75 Å². The van der Waals surface area contributed by atoms with Crippen molar-refractivity contribution in [3.63, 3.8) is 0 Å². The lowest BCUT2D eigenvalue weighted by Gasteiger charge is -2.32. The van der Waals surface area contributed by atoms with Crippen LogP contribution in [0.25, 0.3) is 11.0 Å². The first kappa shape index (κ1) is 23.1. The first-order chi connectivity index (χ1) is 17.0. The van der Waals surface area contributed by atoms with E-state index < -0.39 is 10.0 Å². The van der Waals surface area contributed by atoms with Gasteiger partial charge in [0.05, 0.1) is 4.90 Å². The lowest BCUT2D eigenvalue weighted by molar-refractivity contribution is 0.0678. The largest absolute Gasteiger partial charge is 0.489 e. The Kier molecular flexibility index (Phi) is 6.57. The molecule has 0 bridgehead atoms. The summed E-state index contributed by atoms with van der Waals surface area (Å²) in [6.45, 7) is 1.06. The van der Waals surface area contributed by atoms with Crippen LogP contribution in [0.15, 0.2) is 94.2 Å². The Labute approximate surface area is 204 Å². The number of amides is 1. The summed E-state index contributed by atoms with van der Waals surface area (Å²) in [6.07, 6.45) is 1.04. The van der Waals surface area contributed by atoms with Crippen LogP contribution in [-0.4, -0.2) is 38.4 Å². The summed E-state index contributed by atoms with van der Waals surface area (Å²) in [6, 6.07) is 25.0.